The van der Waals surface area contributed by atoms with Gasteiger partial charge in [-0.05, 0) is 54.1 Å². The number of nitrogens with zero attached hydrogens (tertiary/aromatic N) is 3. The van der Waals surface area contributed by atoms with E-state index in [1.807, 2.05) is 53.9 Å². The van der Waals surface area contributed by atoms with Crippen molar-refractivity contribution in [2.24, 2.45) is 0 Å². The van der Waals surface area contributed by atoms with Gasteiger partial charge in [0.1, 0.15) is 6.04 Å². The minimum atomic E-state index is -0.837. The zero-order valence-electron chi connectivity index (χ0n) is 22.3. The van der Waals surface area contributed by atoms with Crippen molar-refractivity contribution in [2.45, 2.75) is 31.7 Å². The standard InChI is InChI=1S/C29H34N4O5S/c1-37-25-9-8-21(18-26(25)38-2)10-14-31-27(34)19-24-29(36)32(15-11-22-6-3-4-13-30-22)20-28(35)33(24)16-12-23-7-5-17-39-23/h3-9,13,17-18,24H,10-12,14-16,19-20H2,1-2H3,(H,31,34). The SMILES string of the molecule is COc1ccc(CCNC(=O)CC2C(=O)N(CCc3ccccn3)CC(=O)N2CCc2cccs2)cc1OC. The van der Waals surface area contributed by atoms with Gasteiger partial charge in [-0.25, -0.2) is 0 Å². The van der Waals surface area contributed by atoms with E-state index in [1.165, 1.54) is 0 Å². The summed E-state index contributed by atoms with van der Waals surface area (Å²) in [5.74, 6) is 0.650. The van der Waals surface area contributed by atoms with Gasteiger partial charge in [0, 0.05) is 42.8 Å². The van der Waals surface area contributed by atoms with Crippen molar-refractivity contribution < 1.29 is 23.9 Å². The maximum atomic E-state index is 13.5. The van der Waals surface area contributed by atoms with Gasteiger partial charge in [0.05, 0.1) is 27.2 Å². The molecule has 1 saturated heterocycles. The van der Waals surface area contributed by atoms with E-state index < -0.39 is 6.04 Å². The Hall–Kier alpha value is -3.92. The van der Waals surface area contributed by atoms with Crippen molar-refractivity contribution in [3.05, 3.63) is 76.2 Å². The van der Waals surface area contributed by atoms with Crippen LogP contribution in [0.2, 0.25) is 0 Å². The van der Waals surface area contributed by atoms with E-state index in [0.29, 0.717) is 50.4 Å². The first-order chi connectivity index (χ1) is 19.0. The Morgan fingerprint density at radius 2 is 1.87 bits per heavy atom. The molecule has 1 atom stereocenters. The van der Waals surface area contributed by atoms with Crippen LogP contribution in [0.15, 0.2) is 60.1 Å². The number of thiophene rings is 1. The number of aromatic nitrogens is 1. The largest absolute Gasteiger partial charge is 0.493 e. The van der Waals surface area contributed by atoms with Gasteiger partial charge in [-0.1, -0.05) is 18.2 Å². The molecular weight excluding hydrogens is 516 g/mol. The summed E-state index contributed by atoms with van der Waals surface area (Å²) in [4.78, 5) is 48.3. The van der Waals surface area contributed by atoms with E-state index in [0.717, 1.165) is 16.1 Å². The van der Waals surface area contributed by atoms with Crippen molar-refractivity contribution in [1.82, 2.24) is 20.1 Å². The molecule has 1 aliphatic heterocycles. The summed E-state index contributed by atoms with van der Waals surface area (Å²) in [6.07, 6.45) is 3.39. The quantitative estimate of drug-likeness (QED) is 0.351. The molecule has 3 amide bonds. The van der Waals surface area contributed by atoms with Crippen LogP contribution in [0.1, 0.15) is 22.6 Å². The molecule has 0 aliphatic carbocycles. The van der Waals surface area contributed by atoms with Crippen LogP contribution in [0.4, 0.5) is 0 Å². The molecule has 3 heterocycles. The summed E-state index contributed by atoms with van der Waals surface area (Å²) in [5, 5.41) is 4.90. The van der Waals surface area contributed by atoms with Crippen LogP contribution in [-0.2, 0) is 33.6 Å². The van der Waals surface area contributed by atoms with Crippen LogP contribution in [-0.4, -0.2) is 78.9 Å². The van der Waals surface area contributed by atoms with Crippen LogP contribution in [0.25, 0.3) is 0 Å². The molecule has 1 N–H and O–H groups in total. The molecule has 1 aliphatic rings. The first-order valence-corrected chi connectivity index (χ1v) is 13.8. The van der Waals surface area contributed by atoms with E-state index in [9.17, 15) is 14.4 Å². The Balaban J connectivity index is 1.39. The van der Waals surface area contributed by atoms with E-state index in [4.69, 9.17) is 9.47 Å². The highest BCUT2D eigenvalue weighted by molar-refractivity contribution is 7.09. The van der Waals surface area contributed by atoms with Gasteiger partial charge >= 0.3 is 0 Å². The lowest BCUT2D eigenvalue weighted by Gasteiger charge is -2.40. The smallest absolute Gasteiger partial charge is 0.246 e. The summed E-state index contributed by atoms with van der Waals surface area (Å²) in [6, 6.07) is 14.4. The molecular formula is C29H34N4O5S. The van der Waals surface area contributed by atoms with Crippen LogP contribution in [0, 0.1) is 0 Å². The van der Waals surface area contributed by atoms with Crippen LogP contribution < -0.4 is 14.8 Å². The van der Waals surface area contributed by atoms with Gasteiger partial charge in [0.25, 0.3) is 0 Å². The molecule has 1 fully saturated rings. The lowest BCUT2D eigenvalue weighted by Crippen LogP contribution is -2.61. The van der Waals surface area contributed by atoms with Crippen LogP contribution in [0.3, 0.4) is 0 Å². The summed E-state index contributed by atoms with van der Waals surface area (Å²) >= 11 is 1.61. The van der Waals surface area contributed by atoms with E-state index >= 15 is 0 Å². The molecule has 0 bridgehead atoms. The first-order valence-electron chi connectivity index (χ1n) is 13.0. The number of benzene rings is 1. The van der Waals surface area contributed by atoms with Crippen molar-refractivity contribution in [1.29, 1.82) is 0 Å². The van der Waals surface area contributed by atoms with Gasteiger partial charge in [0.15, 0.2) is 11.5 Å². The number of methoxy groups -OCH3 is 2. The number of hydrogen-bond acceptors (Lipinski definition) is 7. The second kappa shape index (κ2) is 13.7. The fourth-order valence-electron chi connectivity index (χ4n) is 4.63. The number of nitrogens with one attached hydrogen (secondary N) is 1. The fourth-order valence-corrected chi connectivity index (χ4v) is 5.33. The number of amides is 3. The lowest BCUT2D eigenvalue weighted by atomic mass is 10.0. The molecule has 0 saturated carbocycles. The highest BCUT2D eigenvalue weighted by Gasteiger charge is 2.40. The molecule has 39 heavy (non-hydrogen) atoms. The molecule has 2 aromatic heterocycles. The highest BCUT2D eigenvalue weighted by atomic mass is 32.1. The second-order valence-corrected chi connectivity index (χ2v) is 10.3. The molecule has 4 rings (SSSR count). The predicted molar refractivity (Wildman–Crippen MR) is 149 cm³/mol. The average molecular weight is 551 g/mol. The summed E-state index contributed by atoms with van der Waals surface area (Å²) < 4.78 is 10.6. The Labute approximate surface area is 232 Å². The third kappa shape index (κ3) is 7.57. The topological polar surface area (TPSA) is 101 Å². The van der Waals surface area contributed by atoms with Crippen molar-refractivity contribution in [2.75, 3.05) is 40.4 Å². The molecule has 9 nitrogen and oxygen atoms in total. The number of pyridine rings is 1. The zero-order chi connectivity index (χ0) is 27.6. The van der Waals surface area contributed by atoms with Gasteiger partial charge in [0.2, 0.25) is 17.7 Å². The Morgan fingerprint density at radius 1 is 1.03 bits per heavy atom. The number of ether oxygens (including phenoxy) is 2. The van der Waals surface area contributed by atoms with Crippen LogP contribution in [0.5, 0.6) is 11.5 Å². The van der Waals surface area contributed by atoms with E-state index in [-0.39, 0.29) is 30.7 Å². The number of rotatable bonds is 13. The third-order valence-corrected chi connectivity index (χ3v) is 7.66. The Bertz CT molecular complexity index is 1250. The Morgan fingerprint density at radius 3 is 2.59 bits per heavy atom. The first kappa shape index (κ1) is 28.1. The number of carbonyl (C=O) groups excluding carboxylic acids is 3. The van der Waals surface area contributed by atoms with E-state index in [2.05, 4.69) is 10.3 Å². The monoisotopic (exact) mass is 550 g/mol. The highest BCUT2D eigenvalue weighted by Crippen LogP contribution is 2.27. The summed E-state index contributed by atoms with van der Waals surface area (Å²) in [7, 11) is 3.16. The predicted octanol–water partition coefficient (Wildman–Crippen LogP) is 2.73. The molecule has 1 aromatic carbocycles. The average Bonchev–Trinajstić information content (AvgIpc) is 3.48. The lowest BCUT2D eigenvalue weighted by molar-refractivity contribution is -0.157. The third-order valence-electron chi connectivity index (χ3n) is 6.73. The van der Waals surface area contributed by atoms with E-state index in [1.54, 1.807) is 41.6 Å². The maximum absolute atomic E-state index is 13.5. The fraction of sp³-hybridized carbons (Fsp3) is 0.379. The van der Waals surface area contributed by atoms with Crippen molar-refractivity contribution >= 4 is 29.1 Å². The zero-order valence-corrected chi connectivity index (χ0v) is 23.1. The summed E-state index contributed by atoms with van der Waals surface area (Å²) in [5.41, 5.74) is 1.83. The number of carbonyl (C=O) groups is 3. The minimum absolute atomic E-state index is 0.00747. The molecule has 0 spiro atoms. The second-order valence-electron chi connectivity index (χ2n) is 9.26. The van der Waals surface area contributed by atoms with Crippen molar-refractivity contribution in [3.63, 3.8) is 0 Å². The molecule has 206 valence electrons. The molecule has 10 heteroatoms. The Kier molecular flexibility index (Phi) is 9.91. The number of hydrogen-bond donors (Lipinski definition) is 1. The van der Waals surface area contributed by atoms with Gasteiger partial charge in [-0.15, -0.1) is 11.3 Å². The van der Waals surface area contributed by atoms with Crippen LogP contribution >= 0.6 is 11.3 Å². The molecule has 1 unspecified atom stereocenters. The van der Waals surface area contributed by atoms with Gasteiger partial charge < -0.3 is 24.6 Å². The maximum Gasteiger partial charge on any atom is 0.246 e. The normalized spacial score (nSPS) is 15.4. The molecule has 0 radical (unpaired) electrons. The van der Waals surface area contributed by atoms with Crippen molar-refractivity contribution in [3.8, 4) is 11.5 Å². The molecule has 3 aromatic rings. The minimum Gasteiger partial charge on any atom is -0.493 e. The number of piperazine rings is 1. The summed E-state index contributed by atoms with van der Waals surface area (Å²) in [6.45, 7) is 1.16. The van der Waals surface area contributed by atoms with Gasteiger partial charge in [-0.3, -0.25) is 19.4 Å². The van der Waals surface area contributed by atoms with Gasteiger partial charge in [-0.2, -0.15) is 0 Å².